The van der Waals surface area contributed by atoms with Gasteiger partial charge in [0.1, 0.15) is 0 Å². The molecule has 0 saturated carbocycles. The van der Waals surface area contributed by atoms with Gasteiger partial charge >= 0.3 is 0 Å². The Morgan fingerprint density at radius 1 is 0.730 bits per heavy atom. The summed E-state index contributed by atoms with van der Waals surface area (Å²) in [5, 5.41) is 6.38. The first kappa shape index (κ1) is 30.9. The van der Waals surface area contributed by atoms with Crippen LogP contribution in [0.15, 0.2) is 22.6 Å². The smallest absolute Gasteiger partial charge is 0.188 e. The molecule has 0 unspecified atom stereocenters. The molecule has 0 spiro atoms. The molecular formula is C25H46N10S2. The Morgan fingerprint density at radius 3 is 1.51 bits per heavy atom. The van der Waals surface area contributed by atoms with Crippen LogP contribution in [0.1, 0.15) is 67.7 Å². The van der Waals surface area contributed by atoms with E-state index in [4.69, 9.17) is 11.5 Å². The number of hydrogen-bond donors (Lipinski definition) is 6. The molecule has 0 saturated heterocycles. The van der Waals surface area contributed by atoms with Crippen LogP contribution in [0.4, 0.5) is 0 Å². The maximum Gasteiger partial charge on any atom is 0.188 e. The third-order valence-corrected chi connectivity index (χ3v) is 7.77. The average molecular weight is 551 g/mol. The standard InChI is InChI=1S/C25H46N10S2/c1-20-22(34-18-32-20)16-36-14-12-30-24(26)28-10-8-6-4-3-5-7-9-11-29-25(27)31-13-15-37-17-23-21(2)33-19-35-23/h18-19H,3-17H2,1-2H3,(H,32,34)(H,33,35)(H3,26,28,30)(H3,27,29,31). The summed E-state index contributed by atoms with van der Waals surface area (Å²) in [5.74, 6) is 4.88. The van der Waals surface area contributed by atoms with Crippen LogP contribution in [0.25, 0.3) is 0 Å². The number of imidazole rings is 2. The van der Waals surface area contributed by atoms with Crippen LogP contribution in [-0.4, -0.2) is 69.5 Å². The van der Waals surface area contributed by atoms with Crippen molar-refractivity contribution in [3.8, 4) is 0 Å². The van der Waals surface area contributed by atoms with Crippen LogP contribution >= 0.6 is 23.5 Å². The predicted octanol–water partition coefficient (Wildman–Crippen LogP) is 3.46. The zero-order valence-corrected chi connectivity index (χ0v) is 24.2. The van der Waals surface area contributed by atoms with Gasteiger partial charge in [0, 0.05) is 60.6 Å². The van der Waals surface area contributed by atoms with Crippen LogP contribution in [-0.2, 0) is 11.5 Å². The van der Waals surface area contributed by atoms with E-state index in [2.05, 4.69) is 40.6 Å². The van der Waals surface area contributed by atoms with Gasteiger partial charge in [-0.2, -0.15) is 23.5 Å². The summed E-state index contributed by atoms with van der Waals surface area (Å²) in [6, 6.07) is 0. The minimum atomic E-state index is 0.550. The summed E-state index contributed by atoms with van der Waals surface area (Å²) in [5.41, 5.74) is 16.4. The molecule has 208 valence electrons. The Kier molecular flexibility index (Phi) is 16.5. The first-order valence-corrected chi connectivity index (χ1v) is 15.6. The van der Waals surface area contributed by atoms with E-state index in [0.29, 0.717) is 11.9 Å². The average Bonchev–Trinajstić information content (AvgIpc) is 3.49. The minimum Gasteiger partial charge on any atom is -0.370 e. The number of rotatable bonds is 20. The van der Waals surface area contributed by atoms with E-state index >= 15 is 0 Å². The van der Waals surface area contributed by atoms with Crippen molar-refractivity contribution in [3.05, 3.63) is 35.4 Å². The SMILES string of the molecule is Cc1[nH]cnc1CSCCNC(N)=NCCCCCCCCCN=C(N)NCCSCc1nc[nH]c1C. The fraction of sp³-hybridized carbons (Fsp3) is 0.680. The van der Waals surface area contributed by atoms with Crippen molar-refractivity contribution >= 4 is 35.4 Å². The second-order valence-corrected chi connectivity index (χ2v) is 11.1. The van der Waals surface area contributed by atoms with Crippen LogP contribution < -0.4 is 22.1 Å². The number of guanidine groups is 2. The monoisotopic (exact) mass is 550 g/mol. The summed E-state index contributed by atoms with van der Waals surface area (Å²) in [6.45, 7) is 7.32. The normalized spacial score (nSPS) is 12.3. The van der Waals surface area contributed by atoms with Gasteiger partial charge in [-0.25, -0.2) is 9.97 Å². The lowest BCUT2D eigenvalue weighted by molar-refractivity contribution is 0.585. The molecule has 12 heteroatoms. The van der Waals surface area contributed by atoms with E-state index in [1.165, 1.54) is 32.1 Å². The van der Waals surface area contributed by atoms with E-state index in [-0.39, 0.29) is 0 Å². The fourth-order valence-corrected chi connectivity index (χ4v) is 5.27. The van der Waals surface area contributed by atoms with Crippen molar-refractivity contribution in [1.29, 1.82) is 0 Å². The molecule has 10 nitrogen and oxygen atoms in total. The van der Waals surface area contributed by atoms with Gasteiger partial charge < -0.3 is 32.1 Å². The van der Waals surface area contributed by atoms with Crippen molar-refractivity contribution < 1.29 is 0 Å². The van der Waals surface area contributed by atoms with Gasteiger partial charge in [0.05, 0.1) is 24.0 Å². The first-order chi connectivity index (χ1) is 18.1. The second-order valence-electron chi connectivity index (χ2n) is 8.92. The van der Waals surface area contributed by atoms with E-state index in [9.17, 15) is 0 Å². The Morgan fingerprint density at radius 2 is 1.14 bits per heavy atom. The van der Waals surface area contributed by atoms with E-state index < -0.39 is 0 Å². The highest BCUT2D eigenvalue weighted by Gasteiger charge is 2.02. The number of aliphatic imine (C=N–C) groups is 2. The molecule has 0 atom stereocenters. The molecule has 8 N–H and O–H groups in total. The zero-order valence-electron chi connectivity index (χ0n) is 22.5. The van der Waals surface area contributed by atoms with Gasteiger partial charge in [0.25, 0.3) is 0 Å². The molecule has 0 bridgehead atoms. The molecule has 0 aliphatic carbocycles. The fourth-order valence-electron chi connectivity index (χ4n) is 3.52. The molecule has 2 aromatic heterocycles. The van der Waals surface area contributed by atoms with Crippen molar-refractivity contribution in [2.45, 2.75) is 70.3 Å². The van der Waals surface area contributed by atoms with Crippen LogP contribution in [0.3, 0.4) is 0 Å². The number of aromatic nitrogens is 4. The maximum absolute atomic E-state index is 5.95. The molecule has 0 fully saturated rings. The summed E-state index contributed by atoms with van der Waals surface area (Å²) in [7, 11) is 0. The third-order valence-electron chi connectivity index (χ3n) is 5.83. The molecular weight excluding hydrogens is 504 g/mol. The first-order valence-electron chi connectivity index (χ1n) is 13.3. The van der Waals surface area contributed by atoms with Crippen LogP contribution in [0.5, 0.6) is 0 Å². The van der Waals surface area contributed by atoms with Gasteiger partial charge in [-0.05, 0) is 26.7 Å². The number of H-pyrrole nitrogens is 2. The molecule has 0 aromatic carbocycles. The topological polar surface area (TPSA) is 158 Å². The van der Waals surface area contributed by atoms with Crippen molar-refractivity contribution in [2.75, 3.05) is 37.7 Å². The van der Waals surface area contributed by atoms with Crippen LogP contribution in [0.2, 0.25) is 0 Å². The maximum atomic E-state index is 5.95. The number of aromatic amines is 2. The highest BCUT2D eigenvalue weighted by atomic mass is 32.2. The highest BCUT2D eigenvalue weighted by molar-refractivity contribution is 7.98. The Hall–Kier alpha value is -2.34. The number of nitrogens with zero attached hydrogens (tertiary/aromatic N) is 4. The number of thioether (sulfide) groups is 2. The van der Waals surface area contributed by atoms with E-state index in [0.717, 1.165) is 84.8 Å². The Balaban J connectivity index is 1.32. The van der Waals surface area contributed by atoms with Crippen LogP contribution in [0, 0.1) is 13.8 Å². The summed E-state index contributed by atoms with van der Waals surface area (Å²) in [4.78, 5) is 23.7. The Labute approximate surface area is 230 Å². The number of aryl methyl sites for hydroxylation is 2. The van der Waals surface area contributed by atoms with E-state index in [1.807, 2.05) is 37.4 Å². The molecule has 2 aromatic rings. The van der Waals surface area contributed by atoms with Crippen molar-refractivity contribution in [3.63, 3.8) is 0 Å². The lowest BCUT2D eigenvalue weighted by Gasteiger charge is -2.06. The van der Waals surface area contributed by atoms with Crippen molar-refractivity contribution in [1.82, 2.24) is 30.6 Å². The van der Waals surface area contributed by atoms with Gasteiger partial charge in [-0.3, -0.25) is 9.98 Å². The highest BCUT2D eigenvalue weighted by Crippen LogP contribution is 2.12. The number of unbranched alkanes of at least 4 members (excludes halogenated alkanes) is 6. The molecule has 37 heavy (non-hydrogen) atoms. The molecule has 2 heterocycles. The molecule has 0 aliphatic heterocycles. The quantitative estimate of drug-likeness (QED) is 0.0831. The lowest BCUT2D eigenvalue weighted by atomic mass is 10.1. The van der Waals surface area contributed by atoms with Gasteiger partial charge in [-0.15, -0.1) is 0 Å². The molecule has 0 amide bonds. The Bertz CT molecular complexity index is 837. The summed E-state index contributed by atoms with van der Waals surface area (Å²) in [6.07, 6.45) is 11.8. The lowest BCUT2D eigenvalue weighted by Crippen LogP contribution is -2.33. The largest absolute Gasteiger partial charge is 0.370 e. The minimum absolute atomic E-state index is 0.550. The third kappa shape index (κ3) is 14.9. The number of nitrogens with two attached hydrogens (primary N) is 2. The summed E-state index contributed by atoms with van der Waals surface area (Å²) < 4.78 is 0. The summed E-state index contributed by atoms with van der Waals surface area (Å²) >= 11 is 3.68. The van der Waals surface area contributed by atoms with Gasteiger partial charge in [0.15, 0.2) is 11.9 Å². The van der Waals surface area contributed by atoms with E-state index in [1.54, 1.807) is 12.7 Å². The number of hydrogen-bond acceptors (Lipinski definition) is 6. The molecule has 0 radical (unpaired) electrons. The number of nitrogens with one attached hydrogen (secondary N) is 4. The van der Waals surface area contributed by atoms with Crippen molar-refractivity contribution in [2.24, 2.45) is 21.5 Å². The molecule has 0 aliphatic rings. The predicted molar refractivity (Wildman–Crippen MR) is 160 cm³/mol. The zero-order chi connectivity index (χ0) is 26.6. The van der Waals surface area contributed by atoms with Gasteiger partial charge in [0.2, 0.25) is 0 Å². The molecule has 2 rings (SSSR count). The van der Waals surface area contributed by atoms with Gasteiger partial charge in [-0.1, -0.05) is 32.1 Å². The second kappa shape index (κ2) is 19.7.